The summed E-state index contributed by atoms with van der Waals surface area (Å²) in [5, 5.41) is 2.71. The molecule has 0 spiro atoms. The quantitative estimate of drug-likeness (QED) is 0.408. The smallest absolute Gasteiger partial charge is 0.256 e. The van der Waals surface area contributed by atoms with Crippen LogP contribution in [0, 0.1) is 5.82 Å². The fourth-order valence-corrected chi connectivity index (χ4v) is 3.83. The van der Waals surface area contributed by atoms with Gasteiger partial charge in [-0.2, -0.15) is 0 Å². The average molecular weight is 463 g/mol. The lowest BCUT2D eigenvalue weighted by Gasteiger charge is -2.14. The molecule has 1 aliphatic heterocycles. The highest BCUT2D eigenvalue weighted by atomic mass is 19.1. The predicted molar refractivity (Wildman–Crippen MR) is 125 cm³/mol. The highest BCUT2D eigenvalue weighted by molar-refractivity contribution is 6.35. The Kier molecular flexibility index (Phi) is 6.23. The van der Waals surface area contributed by atoms with Gasteiger partial charge in [0, 0.05) is 33.5 Å². The molecule has 1 N–H and O–H groups in total. The van der Waals surface area contributed by atoms with Gasteiger partial charge in [-0.1, -0.05) is 0 Å². The maximum absolute atomic E-state index is 13.8. The molecule has 0 fully saturated rings. The molecule has 174 valence electrons. The summed E-state index contributed by atoms with van der Waals surface area (Å²) in [5.74, 6) is 0.392. The number of carbonyl (C=O) groups excluding carboxylic acids is 2. The normalized spacial score (nSPS) is 13.3. The molecule has 3 aromatic carbocycles. The van der Waals surface area contributed by atoms with Crippen LogP contribution in [0.15, 0.2) is 48.5 Å². The number of fused-ring (bicyclic) bond motifs is 1. The summed E-state index contributed by atoms with van der Waals surface area (Å²) in [5.41, 5.74) is 2.38. The van der Waals surface area contributed by atoms with Gasteiger partial charge in [0.1, 0.15) is 11.6 Å². The summed E-state index contributed by atoms with van der Waals surface area (Å²) < 4.78 is 35.3. The molecule has 7 nitrogen and oxygen atoms in total. The molecule has 0 unspecified atom stereocenters. The van der Waals surface area contributed by atoms with Crippen LogP contribution < -0.4 is 24.3 Å². The number of hydrogen-bond donors (Lipinski definition) is 1. The Labute approximate surface area is 195 Å². The molecule has 34 heavy (non-hydrogen) atoms. The molecule has 0 saturated heterocycles. The molecular formula is C26H22FNO6. The van der Waals surface area contributed by atoms with Gasteiger partial charge in [-0.3, -0.25) is 9.59 Å². The van der Waals surface area contributed by atoms with E-state index < -0.39 is 5.82 Å². The van der Waals surface area contributed by atoms with Gasteiger partial charge in [-0.05, 0) is 54.6 Å². The third-order valence-electron chi connectivity index (χ3n) is 5.48. The number of carbonyl (C=O) groups is 2. The molecule has 8 heteroatoms. The highest BCUT2D eigenvalue weighted by Gasteiger charge is 2.25. The van der Waals surface area contributed by atoms with E-state index in [2.05, 4.69) is 5.32 Å². The SMILES string of the molecule is COc1ccc(C(=O)c2cc(OC)c(OC)c(OC)c2)cc1/C=C1/C(=O)Nc2ccc(F)cc21. The second-order valence-electron chi connectivity index (χ2n) is 7.40. The van der Waals surface area contributed by atoms with E-state index in [9.17, 15) is 14.0 Å². The van der Waals surface area contributed by atoms with Crippen LogP contribution in [0.2, 0.25) is 0 Å². The molecule has 0 bridgehead atoms. The summed E-state index contributed by atoms with van der Waals surface area (Å²) in [4.78, 5) is 25.9. The monoisotopic (exact) mass is 463 g/mol. The number of nitrogens with one attached hydrogen (secondary N) is 1. The molecule has 0 aromatic heterocycles. The van der Waals surface area contributed by atoms with Gasteiger partial charge in [0.2, 0.25) is 5.75 Å². The van der Waals surface area contributed by atoms with E-state index in [4.69, 9.17) is 18.9 Å². The molecule has 3 aromatic rings. The first-order valence-corrected chi connectivity index (χ1v) is 10.3. The number of rotatable bonds is 7. The van der Waals surface area contributed by atoms with Crippen LogP contribution in [0.4, 0.5) is 10.1 Å². The van der Waals surface area contributed by atoms with Crippen LogP contribution in [-0.2, 0) is 4.79 Å². The topological polar surface area (TPSA) is 83.1 Å². The van der Waals surface area contributed by atoms with Crippen LogP contribution >= 0.6 is 0 Å². The summed E-state index contributed by atoms with van der Waals surface area (Å²) >= 11 is 0. The van der Waals surface area contributed by atoms with Gasteiger partial charge >= 0.3 is 0 Å². The fraction of sp³-hybridized carbons (Fsp3) is 0.154. The lowest BCUT2D eigenvalue weighted by molar-refractivity contribution is -0.110. The van der Waals surface area contributed by atoms with Crippen molar-refractivity contribution >= 4 is 29.0 Å². The summed E-state index contributed by atoms with van der Waals surface area (Å²) in [6, 6.07) is 12.1. The Hall–Kier alpha value is -4.33. The summed E-state index contributed by atoms with van der Waals surface area (Å²) in [6.07, 6.45) is 1.57. The number of ether oxygens (including phenoxy) is 4. The van der Waals surface area contributed by atoms with Gasteiger partial charge in [0.25, 0.3) is 5.91 Å². The van der Waals surface area contributed by atoms with Crippen LogP contribution in [0.25, 0.3) is 11.6 Å². The third kappa shape index (κ3) is 4.05. The molecule has 0 saturated carbocycles. The minimum absolute atomic E-state index is 0.269. The zero-order chi connectivity index (χ0) is 24.4. The number of halogens is 1. The standard InChI is InChI=1S/C26H22FNO6/c1-31-21-8-5-14(24(29)16-11-22(32-2)25(34-4)23(12-16)33-3)9-15(21)10-19-18-13-17(27)6-7-20(18)28-26(19)30/h5-13H,1-4H3,(H,28,30)/b19-10+. The number of methoxy groups -OCH3 is 4. The van der Waals surface area contributed by atoms with Gasteiger partial charge in [-0.15, -0.1) is 0 Å². The number of anilines is 1. The van der Waals surface area contributed by atoms with E-state index in [0.717, 1.165) is 0 Å². The first-order chi connectivity index (χ1) is 16.4. The Balaban J connectivity index is 1.79. The van der Waals surface area contributed by atoms with Crippen LogP contribution in [0.1, 0.15) is 27.0 Å². The molecule has 0 radical (unpaired) electrons. The molecule has 1 aliphatic rings. The fourth-order valence-electron chi connectivity index (χ4n) is 3.83. The van der Waals surface area contributed by atoms with Crippen molar-refractivity contribution in [2.24, 2.45) is 0 Å². The van der Waals surface area contributed by atoms with Crippen molar-refractivity contribution in [2.75, 3.05) is 33.8 Å². The van der Waals surface area contributed by atoms with E-state index >= 15 is 0 Å². The molecular weight excluding hydrogens is 441 g/mol. The Morgan fingerprint density at radius 2 is 1.50 bits per heavy atom. The number of benzene rings is 3. The highest BCUT2D eigenvalue weighted by Crippen LogP contribution is 2.39. The molecule has 1 heterocycles. The zero-order valence-electron chi connectivity index (χ0n) is 19.0. The van der Waals surface area contributed by atoms with E-state index in [1.807, 2.05) is 0 Å². The second kappa shape index (κ2) is 9.27. The number of hydrogen-bond acceptors (Lipinski definition) is 6. The predicted octanol–water partition coefficient (Wildman–Crippen LogP) is 4.58. The minimum Gasteiger partial charge on any atom is -0.496 e. The molecule has 1 amide bonds. The lowest BCUT2D eigenvalue weighted by atomic mass is 9.98. The van der Waals surface area contributed by atoms with Crippen molar-refractivity contribution in [1.29, 1.82) is 0 Å². The third-order valence-corrected chi connectivity index (χ3v) is 5.48. The van der Waals surface area contributed by atoms with E-state index in [-0.39, 0.29) is 17.3 Å². The Morgan fingerprint density at radius 1 is 0.824 bits per heavy atom. The zero-order valence-corrected chi connectivity index (χ0v) is 19.0. The van der Waals surface area contributed by atoms with E-state index in [0.29, 0.717) is 50.9 Å². The maximum atomic E-state index is 13.8. The van der Waals surface area contributed by atoms with Crippen molar-refractivity contribution in [3.05, 3.63) is 76.6 Å². The van der Waals surface area contributed by atoms with Crippen LogP contribution in [0.5, 0.6) is 23.0 Å². The van der Waals surface area contributed by atoms with E-state index in [1.165, 1.54) is 46.6 Å². The minimum atomic E-state index is -0.459. The number of ketones is 1. The Bertz CT molecular complexity index is 1310. The van der Waals surface area contributed by atoms with Gasteiger partial charge in [-0.25, -0.2) is 4.39 Å². The first kappa shape index (κ1) is 22.8. The summed E-state index contributed by atoms with van der Waals surface area (Å²) in [6.45, 7) is 0. The molecule has 0 aliphatic carbocycles. The Morgan fingerprint density at radius 3 is 2.12 bits per heavy atom. The first-order valence-electron chi connectivity index (χ1n) is 10.3. The lowest BCUT2D eigenvalue weighted by Crippen LogP contribution is -2.06. The van der Waals surface area contributed by atoms with Gasteiger partial charge in [0.05, 0.1) is 28.4 Å². The molecule has 0 atom stereocenters. The van der Waals surface area contributed by atoms with Crippen molar-refractivity contribution in [1.82, 2.24) is 0 Å². The van der Waals surface area contributed by atoms with Crippen molar-refractivity contribution in [2.45, 2.75) is 0 Å². The second-order valence-corrected chi connectivity index (χ2v) is 7.40. The number of amides is 1. The van der Waals surface area contributed by atoms with Crippen LogP contribution in [-0.4, -0.2) is 40.1 Å². The maximum Gasteiger partial charge on any atom is 0.256 e. The average Bonchev–Trinajstić information content (AvgIpc) is 3.16. The van der Waals surface area contributed by atoms with Crippen molar-refractivity contribution in [3.8, 4) is 23.0 Å². The summed E-state index contributed by atoms with van der Waals surface area (Å²) in [7, 11) is 5.90. The van der Waals surface area contributed by atoms with Crippen LogP contribution in [0.3, 0.4) is 0 Å². The van der Waals surface area contributed by atoms with Gasteiger partial charge in [0.15, 0.2) is 17.3 Å². The molecule has 4 rings (SSSR count). The van der Waals surface area contributed by atoms with Crippen molar-refractivity contribution < 1.29 is 32.9 Å². The van der Waals surface area contributed by atoms with Crippen molar-refractivity contribution in [3.63, 3.8) is 0 Å². The largest absolute Gasteiger partial charge is 0.496 e. The van der Waals surface area contributed by atoms with E-state index in [1.54, 1.807) is 36.4 Å². The van der Waals surface area contributed by atoms with Gasteiger partial charge < -0.3 is 24.3 Å².